The lowest BCUT2D eigenvalue weighted by molar-refractivity contribution is 0.370. The highest BCUT2D eigenvalue weighted by Crippen LogP contribution is 2.23. The Labute approximate surface area is 113 Å². The molecule has 0 spiro atoms. The molecule has 0 aromatic carbocycles. The van der Waals surface area contributed by atoms with E-state index in [1.807, 2.05) is 0 Å². The van der Waals surface area contributed by atoms with E-state index in [1.54, 1.807) is 0 Å². The van der Waals surface area contributed by atoms with Crippen LogP contribution in [0, 0.1) is 5.92 Å². The van der Waals surface area contributed by atoms with Gasteiger partial charge in [0.15, 0.2) is 5.82 Å². The first kappa shape index (κ1) is 13.9. The Balaban J connectivity index is 1.93. The van der Waals surface area contributed by atoms with Gasteiger partial charge < -0.3 is 20.9 Å². The molecule has 0 bridgehead atoms. The van der Waals surface area contributed by atoms with E-state index in [0.717, 1.165) is 32.5 Å². The standard InChI is InChI=1S/C13H23N5O/c1-9(2)15-7-10-3-5-18(6-4-10)12-11(14)13(19)17-8-16-12/h8-10,15H,3-7,14H2,1-2H3,(H,16,17,19). The van der Waals surface area contributed by atoms with Gasteiger partial charge in [-0.1, -0.05) is 13.8 Å². The van der Waals surface area contributed by atoms with Gasteiger partial charge in [0.1, 0.15) is 5.69 Å². The fourth-order valence-corrected chi connectivity index (χ4v) is 2.40. The van der Waals surface area contributed by atoms with Crippen molar-refractivity contribution in [2.75, 3.05) is 30.3 Å². The van der Waals surface area contributed by atoms with Crippen LogP contribution in [0.1, 0.15) is 26.7 Å². The summed E-state index contributed by atoms with van der Waals surface area (Å²) in [5.41, 5.74) is 5.75. The average molecular weight is 265 g/mol. The molecule has 0 radical (unpaired) electrons. The van der Waals surface area contributed by atoms with Gasteiger partial charge in [0.2, 0.25) is 0 Å². The van der Waals surface area contributed by atoms with E-state index in [4.69, 9.17) is 5.73 Å². The van der Waals surface area contributed by atoms with E-state index in [9.17, 15) is 4.79 Å². The molecule has 1 aliphatic heterocycles. The van der Waals surface area contributed by atoms with Crippen molar-refractivity contribution >= 4 is 11.5 Å². The summed E-state index contributed by atoms with van der Waals surface area (Å²) in [5, 5.41) is 3.48. The molecule has 1 aromatic heterocycles. The number of piperidine rings is 1. The number of nitrogen functional groups attached to an aromatic ring is 1. The Kier molecular flexibility index (Phi) is 4.42. The van der Waals surface area contributed by atoms with E-state index >= 15 is 0 Å². The van der Waals surface area contributed by atoms with Crippen molar-refractivity contribution in [2.24, 2.45) is 5.92 Å². The highest BCUT2D eigenvalue weighted by atomic mass is 16.1. The molecule has 19 heavy (non-hydrogen) atoms. The second-order valence-electron chi connectivity index (χ2n) is 5.46. The monoisotopic (exact) mass is 265 g/mol. The minimum absolute atomic E-state index is 0.223. The van der Waals surface area contributed by atoms with E-state index in [1.165, 1.54) is 6.33 Å². The summed E-state index contributed by atoms with van der Waals surface area (Å²) < 4.78 is 0. The van der Waals surface area contributed by atoms with Crippen molar-refractivity contribution in [2.45, 2.75) is 32.7 Å². The van der Waals surface area contributed by atoms with Gasteiger partial charge in [-0.25, -0.2) is 4.98 Å². The van der Waals surface area contributed by atoms with Crippen molar-refractivity contribution in [1.29, 1.82) is 0 Å². The molecular formula is C13H23N5O. The van der Waals surface area contributed by atoms with Crippen LogP contribution < -0.4 is 21.5 Å². The van der Waals surface area contributed by atoms with Crippen LogP contribution in [0.15, 0.2) is 11.1 Å². The number of H-pyrrole nitrogens is 1. The smallest absolute Gasteiger partial charge is 0.276 e. The molecule has 0 saturated carbocycles. The van der Waals surface area contributed by atoms with Crippen LogP contribution in [0.4, 0.5) is 11.5 Å². The molecule has 1 fully saturated rings. The SMILES string of the molecule is CC(C)NCC1CCN(c2nc[nH]c(=O)c2N)CC1. The van der Waals surface area contributed by atoms with Gasteiger partial charge in [-0.15, -0.1) is 0 Å². The molecule has 0 atom stereocenters. The predicted molar refractivity (Wildman–Crippen MR) is 77.3 cm³/mol. The molecule has 0 aliphatic carbocycles. The van der Waals surface area contributed by atoms with Gasteiger partial charge in [0.25, 0.3) is 5.56 Å². The molecule has 2 heterocycles. The first-order valence-corrected chi connectivity index (χ1v) is 6.89. The summed E-state index contributed by atoms with van der Waals surface area (Å²) in [6.45, 7) is 7.20. The maximum atomic E-state index is 11.5. The maximum Gasteiger partial charge on any atom is 0.276 e. The third-order valence-electron chi connectivity index (χ3n) is 3.60. The van der Waals surface area contributed by atoms with E-state index in [-0.39, 0.29) is 11.2 Å². The highest BCUT2D eigenvalue weighted by Gasteiger charge is 2.22. The third-order valence-corrected chi connectivity index (χ3v) is 3.60. The van der Waals surface area contributed by atoms with Crippen LogP contribution in [0.5, 0.6) is 0 Å². The highest BCUT2D eigenvalue weighted by molar-refractivity contribution is 5.60. The number of nitrogens with two attached hydrogens (primary N) is 1. The zero-order valence-corrected chi connectivity index (χ0v) is 11.6. The molecule has 1 aromatic rings. The molecular weight excluding hydrogens is 242 g/mol. The molecule has 0 unspecified atom stereocenters. The Morgan fingerprint density at radius 2 is 2.21 bits per heavy atom. The Hall–Kier alpha value is -1.56. The lowest BCUT2D eigenvalue weighted by Crippen LogP contribution is -2.39. The van der Waals surface area contributed by atoms with Crippen molar-refractivity contribution in [3.8, 4) is 0 Å². The predicted octanol–water partition coefficient (Wildman–Crippen LogP) is 0.567. The summed E-state index contributed by atoms with van der Waals surface area (Å²) in [7, 11) is 0. The molecule has 1 aliphatic rings. The number of aromatic nitrogens is 2. The number of aromatic amines is 1. The number of hydrogen-bond donors (Lipinski definition) is 3. The van der Waals surface area contributed by atoms with Crippen LogP contribution in [0.2, 0.25) is 0 Å². The molecule has 4 N–H and O–H groups in total. The lowest BCUT2D eigenvalue weighted by atomic mass is 9.96. The van der Waals surface area contributed by atoms with Gasteiger partial charge in [-0.05, 0) is 25.3 Å². The van der Waals surface area contributed by atoms with E-state index in [0.29, 0.717) is 17.8 Å². The summed E-state index contributed by atoms with van der Waals surface area (Å²) in [6.07, 6.45) is 3.63. The minimum atomic E-state index is -0.256. The fraction of sp³-hybridized carbons (Fsp3) is 0.692. The number of rotatable bonds is 4. The number of nitrogens with zero attached hydrogens (tertiary/aromatic N) is 2. The van der Waals surface area contributed by atoms with Crippen molar-refractivity contribution in [3.05, 3.63) is 16.7 Å². The summed E-state index contributed by atoms with van der Waals surface area (Å²) in [6, 6.07) is 0.531. The zero-order valence-electron chi connectivity index (χ0n) is 11.6. The Morgan fingerprint density at radius 1 is 1.53 bits per heavy atom. The van der Waals surface area contributed by atoms with Crippen LogP contribution in [-0.4, -0.2) is 35.6 Å². The third kappa shape index (κ3) is 3.47. The second kappa shape index (κ2) is 6.06. The topological polar surface area (TPSA) is 87.0 Å². The number of hydrogen-bond acceptors (Lipinski definition) is 5. The van der Waals surface area contributed by atoms with Crippen LogP contribution in [0.3, 0.4) is 0 Å². The van der Waals surface area contributed by atoms with Gasteiger partial charge >= 0.3 is 0 Å². The zero-order chi connectivity index (χ0) is 13.8. The normalized spacial score (nSPS) is 17.1. The van der Waals surface area contributed by atoms with E-state index in [2.05, 4.69) is 34.0 Å². The largest absolute Gasteiger partial charge is 0.391 e. The second-order valence-corrected chi connectivity index (χ2v) is 5.46. The van der Waals surface area contributed by atoms with Crippen molar-refractivity contribution in [3.63, 3.8) is 0 Å². The summed E-state index contributed by atoms with van der Waals surface area (Å²) in [5.74, 6) is 1.32. The van der Waals surface area contributed by atoms with Gasteiger partial charge in [0.05, 0.1) is 6.33 Å². The lowest BCUT2D eigenvalue weighted by Gasteiger charge is -2.33. The Bertz CT molecular complexity index is 462. The average Bonchev–Trinajstić information content (AvgIpc) is 2.40. The Morgan fingerprint density at radius 3 is 2.84 bits per heavy atom. The van der Waals surface area contributed by atoms with Crippen LogP contribution in [0.25, 0.3) is 0 Å². The van der Waals surface area contributed by atoms with Crippen molar-refractivity contribution < 1.29 is 0 Å². The summed E-state index contributed by atoms with van der Waals surface area (Å²) in [4.78, 5) is 20.3. The molecule has 0 amide bonds. The van der Waals surface area contributed by atoms with E-state index < -0.39 is 0 Å². The van der Waals surface area contributed by atoms with Crippen LogP contribution in [-0.2, 0) is 0 Å². The quantitative estimate of drug-likeness (QED) is 0.741. The fourth-order valence-electron chi connectivity index (χ4n) is 2.40. The maximum absolute atomic E-state index is 11.5. The molecule has 6 nitrogen and oxygen atoms in total. The first-order valence-electron chi connectivity index (χ1n) is 6.89. The van der Waals surface area contributed by atoms with Crippen molar-refractivity contribution in [1.82, 2.24) is 15.3 Å². The molecule has 6 heteroatoms. The first-order chi connectivity index (χ1) is 9.08. The van der Waals surface area contributed by atoms with Gasteiger partial charge in [-0.3, -0.25) is 4.79 Å². The molecule has 106 valence electrons. The number of anilines is 2. The molecule has 2 rings (SSSR count). The van der Waals surface area contributed by atoms with Crippen LogP contribution >= 0.6 is 0 Å². The summed E-state index contributed by atoms with van der Waals surface area (Å²) >= 11 is 0. The molecule has 1 saturated heterocycles. The minimum Gasteiger partial charge on any atom is -0.391 e. The van der Waals surface area contributed by atoms with Gasteiger partial charge in [-0.2, -0.15) is 0 Å². The number of nitrogens with one attached hydrogen (secondary N) is 2. The van der Waals surface area contributed by atoms with Gasteiger partial charge in [0, 0.05) is 19.1 Å².